The summed E-state index contributed by atoms with van der Waals surface area (Å²) in [4.78, 5) is 34.2. The van der Waals surface area contributed by atoms with Crippen LogP contribution >= 0.6 is 11.3 Å². The number of morpholine rings is 1. The van der Waals surface area contributed by atoms with Crippen molar-refractivity contribution in [3.8, 4) is 0 Å². The summed E-state index contributed by atoms with van der Waals surface area (Å²) in [5.41, 5.74) is 2.02. The van der Waals surface area contributed by atoms with E-state index in [2.05, 4.69) is 20.1 Å². The van der Waals surface area contributed by atoms with Crippen LogP contribution < -0.4 is 10.2 Å². The van der Waals surface area contributed by atoms with Gasteiger partial charge in [0.2, 0.25) is 0 Å². The molecule has 1 aromatic heterocycles. The lowest BCUT2D eigenvalue weighted by atomic mass is 10.1. The highest BCUT2D eigenvalue weighted by molar-refractivity contribution is 7.14. The Bertz CT molecular complexity index is 997. The van der Waals surface area contributed by atoms with Crippen LogP contribution in [0, 0.1) is 0 Å². The third-order valence-corrected chi connectivity index (χ3v) is 6.84. The van der Waals surface area contributed by atoms with E-state index in [9.17, 15) is 9.59 Å². The van der Waals surface area contributed by atoms with E-state index in [4.69, 9.17) is 14.2 Å². The van der Waals surface area contributed by atoms with Crippen LogP contribution in [-0.4, -0.2) is 81.0 Å². The molecule has 2 atom stereocenters. The first-order valence-electron chi connectivity index (χ1n) is 11.1. The molecular weight excluding hydrogens is 444 g/mol. The Labute approximate surface area is 197 Å². The van der Waals surface area contributed by atoms with E-state index in [0.29, 0.717) is 30.1 Å². The minimum Gasteiger partial charge on any atom is -0.465 e. The van der Waals surface area contributed by atoms with E-state index in [-0.39, 0.29) is 18.1 Å². The average Bonchev–Trinajstić information content (AvgIpc) is 3.49. The van der Waals surface area contributed by atoms with Crippen molar-refractivity contribution >= 4 is 34.0 Å². The van der Waals surface area contributed by atoms with Gasteiger partial charge < -0.3 is 24.4 Å². The molecule has 0 radical (unpaired) electrons. The van der Waals surface area contributed by atoms with Gasteiger partial charge in [-0.2, -0.15) is 0 Å². The highest BCUT2D eigenvalue weighted by Gasteiger charge is 2.25. The fourth-order valence-corrected chi connectivity index (χ4v) is 5.01. The van der Waals surface area contributed by atoms with Crippen molar-refractivity contribution in [1.82, 2.24) is 9.88 Å². The van der Waals surface area contributed by atoms with Gasteiger partial charge >= 0.3 is 5.97 Å². The fourth-order valence-electron chi connectivity index (χ4n) is 4.16. The molecule has 2 fully saturated rings. The molecule has 0 saturated carbocycles. The number of nitrogens with zero attached hydrogens (tertiary/aromatic N) is 3. The number of thiazole rings is 1. The standard InChI is InChI=1S/C23H30N4O5S/c1-15-11-26(8-9-32-15)12-16-4-5-19(18(10-16)22(29)31-3)24-21(28)20-14-33-23(25-20)27-7-6-17(13-27)30-2/h4-5,10,14-15,17H,6-9,11-13H2,1-3H3,(H,24,28)/t15-,17-/m0/s1. The summed E-state index contributed by atoms with van der Waals surface area (Å²) in [6.45, 7) is 6.72. The lowest BCUT2D eigenvalue weighted by Crippen LogP contribution is -2.40. The summed E-state index contributed by atoms with van der Waals surface area (Å²) < 4.78 is 16.0. The average molecular weight is 475 g/mol. The van der Waals surface area contributed by atoms with Gasteiger partial charge in [-0.25, -0.2) is 9.78 Å². The van der Waals surface area contributed by atoms with Gasteiger partial charge in [0.15, 0.2) is 5.13 Å². The number of aromatic nitrogens is 1. The molecule has 0 spiro atoms. The minimum atomic E-state index is -0.496. The number of rotatable bonds is 7. The zero-order valence-corrected chi connectivity index (χ0v) is 20.0. The Kier molecular flexibility index (Phi) is 7.59. The van der Waals surface area contributed by atoms with Crippen LogP contribution in [0.5, 0.6) is 0 Å². The van der Waals surface area contributed by atoms with E-state index in [0.717, 1.165) is 43.3 Å². The maximum absolute atomic E-state index is 12.9. The number of amides is 1. The molecule has 1 amide bonds. The SMILES string of the molecule is COC(=O)c1cc(CN2CCO[C@@H](C)C2)ccc1NC(=O)c1csc(N2CC[C@H](OC)C2)n1. The molecule has 178 valence electrons. The van der Waals surface area contributed by atoms with Gasteiger partial charge in [0.1, 0.15) is 5.69 Å². The summed E-state index contributed by atoms with van der Waals surface area (Å²) in [5, 5.41) is 5.36. The van der Waals surface area contributed by atoms with Gasteiger partial charge in [0.25, 0.3) is 5.91 Å². The van der Waals surface area contributed by atoms with E-state index in [1.807, 2.05) is 13.0 Å². The molecule has 10 heteroatoms. The van der Waals surface area contributed by atoms with Gasteiger partial charge in [-0.3, -0.25) is 9.69 Å². The first-order valence-corrected chi connectivity index (χ1v) is 11.9. The number of nitrogens with one attached hydrogen (secondary N) is 1. The Morgan fingerprint density at radius 2 is 2.12 bits per heavy atom. The quantitative estimate of drug-likeness (QED) is 0.613. The second kappa shape index (κ2) is 10.6. The first kappa shape index (κ1) is 23.6. The molecule has 0 bridgehead atoms. The zero-order valence-electron chi connectivity index (χ0n) is 19.2. The Hall–Kier alpha value is -2.53. The van der Waals surface area contributed by atoms with Crippen molar-refractivity contribution < 1.29 is 23.8 Å². The van der Waals surface area contributed by atoms with Crippen LogP contribution in [0.25, 0.3) is 0 Å². The van der Waals surface area contributed by atoms with Crippen LogP contribution in [0.4, 0.5) is 10.8 Å². The molecule has 2 aromatic rings. The smallest absolute Gasteiger partial charge is 0.339 e. The number of hydrogen-bond acceptors (Lipinski definition) is 9. The molecule has 33 heavy (non-hydrogen) atoms. The summed E-state index contributed by atoms with van der Waals surface area (Å²) in [6.07, 6.45) is 1.31. The van der Waals surface area contributed by atoms with Crippen LogP contribution in [0.15, 0.2) is 23.6 Å². The van der Waals surface area contributed by atoms with E-state index < -0.39 is 5.97 Å². The van der Waals surface area contributed by atoms with Crippen molar-refractivity contribution in [2.24, 2.45) is 0 Å². The number of benzene rings is 1. The van der Waals surface area contributed by atoms with Crippen molar-refractivity contribution in [2.75, 3.05) is 57.2 Å². The molecule has 2 aliphatic heterocycles. The summed E-state index contributed by atoms with van der Waals surface area (Å²) in [7, 11) is 3.04. The molecule has 9 nitrogen and oxygen atoms in total. The summed E-state index contributed by atoms with van der Waals surface area (Å²) in [5.74, 6) is -0.857. The van der Waals surface area contributed by atoms with Gasteiger partial charge in [0, 0.05) is 45.2 Å². The monoisotopic (exact) mass is 474 g/mol. The Balaban J connectivity index is 1.46. The Morgan fingerprint density at radius 1 is 1.27 bits per heavy atom. The van der Waals surface area contributed by atoms with Gasteiger partial charge in [-0.1, -0.05) is 6.07 Å². The van der Waals surface area contributed by atoms with Crippen molar-refractivity contribution in [1.29, 1.82) is 0 Å². The molecule has 0 unspecified atom stereocenters. The molecule has 2 saturated heterocycles. The van der Waals surface area contributed by atoms with Gasteiger partial charge in [-0.05, 0) is 31.0 Å². The maximum atomic E-state index is 12.9. The predicted molar refractivity (Wildman–Crippen MR) is 126 cm³/mol. The van der Waals surface area contributed by atoms with Crippen molar-refractivity contribution in [2.45, 2.75) is 32.1 Å². The molecule has 0 aliphatic carbocycles. The maximum Gasteiger partial charge on any atom is 0.339 e. The van der Waals surface area contributed by atoms with Crippen molar-refractivity contribution in [3.05, 3.63) is 40.4 Å². The topological polar surface area (TPSA) is 93.2 Å². The number of esters is 1. The lowest BCUT2D eigenvalue weighted by Gasteiger charge is -2.31. The lowest BCUT2D eigenvalue weighted by molar-refractivity contribution is -0.0212. The third kappa shape index (κ3) is 5.70. The van der Waals surface area contributed by atoms with Crippen molar-refractivity contribution in [3.63, 3.8) is 0 Å². The van der Waals surface area contributed by atoms with E-state index in [1.165, 1.54) is 18.4 Å². The number of carbonyl (C=O) groups excluding carboxylic acids is 2. The molecular formula is C23H30N4O5S. The molecule has 1 N–H and O–H groups in total. The van der Waals surface area contributed by atoms with E-state index in [1.54, 1.807) is 24.6 Å². The Morgan fingerprint density at radius 3 is 2.85 bits per heavy atom. The second-order valence-corrected chi connectivity index (χ2v) is 9.19. The number of ether oxygens (including phenoxy) is 3. The largest absolute Gasteiger partial charge is 0.465 e. The zero-order chi connectivity index (χ0) is 23.4. The van der Waals surface area contributed by atoms with Crippen LogP contribution in [0.1, 0.15) is 39.8 Å². The summed E-state index contributed by atoms with van der Waals surface area (Å²) in [6, 6.07) is 5.45. The van der Waals surface area contributed by atoms with E-state index >= 15 is 0 Å². The summed E-state index contributed by atoms with van der Waals surface area (Å²) >= 11 is 1.43. The molecule has 1 aromatic carbocycles. The third-order valence-electron chi connectivity index (χ3n) is 5.94. The number of methoxy groups -OCH3 is 2. The number of hydrogen-bond donors (Lipinski definition) is 1. The minimum absolute atomic E-state index is 0.182. The highest BCUT2D eigenvalue weighted by atomic mass is 32.1. The number of carbonyl (C=O) groups is 2. The number of anilines is 2. The molecule has 4 rings (SSSR count). The fraction of sp³-hybridized carbons (Fsp3) is 0.522. The van der Waals surface area contributed by atoms with Gasteiger partial charge in [-0.15, -0.1) is 11.3 Å². The normalized spacial score (nSPS) is 21.2. The molecule has 2 aliphatic rings. The highest BCUT2D eigenvalue weighted by Crippen LogP contribution is 2.27. The van der Waals surface area contributed by atoms with Crippen LogP contribution in [0.2, 0.25) is 0 Å². The first-order chi connectivity index (χ1) is 16.0. The van der Waals surface area contributed by atoms with Crippen LogP contribution in [0.3, 0.4) is 0 Å². The second-order valence-electron chi connectivity index (χ2n) is 8.35. The molecule has 3 heterocycles. The predicted octanol–water partition coefficient (Wildman–Crippen LogP) is 2.63. The van der Waals surface area contributed by atoms with Crippen LogP contribution in [-0.2, 0) is 20.8 Å². The van der Waals surface area contributed by atoms with Gasteiger partial charge in [0.05, 0.1) is 37.2 Å².